The van der Waals surface area contributed by atoms with Gasteiger partial charge in [-0.2, -0.15) is 0 Å². The molecule has 0 aliphatic carbocycles. The lowest BCUT2D eigenvalue weighted by molar-refractivity contribution is 0.322. The summed E-state index contributed by atoms with van der Waals surface area (Å²) in [5, 5.41) is 1.72. The van der Waals surface area contributed by atoms with Crippen LogP contribution < -0.4 is 5.84 Å². The first-order valence-corrected chi connectivity index (χ1v) is 3.08. The summed E-state index contributed by atoms with van der Waals surface area (Å²) in [4.78, 5) is 0. The molecule has 0 atom stereocenters. The summed E-state index contributed by atoms with van der Waals surface area (Å²) < 4.78 is 0. The first-order valence-electron chi connectivity index (χ1n) is 3.08. The molecule has 2 heteroatoms. The Balaban J connectivity index is 2.93. The Hall–Kier alpha value is -0.0800. The molecule has 0 saturated carbocycles. The van der Waals surface area contributed by atoms with Gasteiger partial charge in [0.05, 0.1) is 0 Å². The third kappa shape index (κ3) is 5.92. The van der Waals surface area contributed by atoms with Crippen molar-refractivity contribution in [3.63, 3.8) is 0 Å². The number of nitrogens with two attached hydrogens (primary N) is 1. The first kappa shape index (κ1) is 7.92. The molecule has 0 aromatic heterocycles. The molecule has 0 heterocycles. The third-order valence-electron chi connectivity index (χ3n) is 1.06. The second-order valence-electron chi connectivity index (χ2n) is 2.66. The monoisotopic (exact) mass is 116 g/mol. The molecule has 8 heavy (non-hydrogen) atoms. The standard InChI is InChI=1S/C6H16N2/c1-6(2)4-5-8(3)7/h6H,4-5,7H2,1-3H3. The quantitative estimate of drug-likeness (QED) is 0.437. The van der Waals surface area contributed by atoms with Gasteiger partial charge in [-0.15, -0.1) is 0 Å². The van der Waals surface area contributed by atoms with Gasteiger partial charge in [-0.05, 0) is 12.3 Å². The van der Waals surface area contributed by atoms with Gasteiger partial charge in [0.25, 0.3) is 0 Å². The third-order valence-corrected chi connectivity index (χ3v) is 1.06. The SMILES string of the molecule is CC(C)CCN(C)N. The zero-order chi connectivity index (χ0) is 6.57. The van der Waals surface area contributed by atoms with Crippen molar-refractivity contribution in [1.82, 2.24) is 5.01 Å². The largest absolute Gasteiger partial charge is 0.269 e. The highest BCUT2D eigenvalue weighted by Gasteiger charge is 1.93. The van der Waals surface area contributed by atoms with Crippen molar-refractivity contribution >= 4 is 0 Å². The van der Waals surface area contributed by atoms with Gasteiger partial charge in [-0.3, -0.25) is 10.9 Å². The summed E-state index contributed by atoms with van der Waals surface area (Å²) in [5.74, 6) is 6.14. The molecule has 0 amide bonds. The Kier molecular flexibility index (Phi) is 3.83. The van der Waals surface area contributed by atoms with Gasteiger partial charge in [0.1, 0.15) is 0 Å². The number of nitrogens with zero attached hydrogens (tertiary/aromatic N) is 1. The van der Waals surface area contributed by atoms with Crippen molar-refractivity contribution in [1.29, 1.82) is 0 Å². The van der Waals surface area contributed by atoms with Crippen LogP contribution in [-0.4, -0.2) is 18.6 Å². The van der Waals surface area contributed by atoms with Crippen LogP contribution in [0.15, 0.2) is 0 Å². The van der Waals surface area contributed by atoms with E-state index in [1.165, 1.54) is 6.42 Å². The van der Waals surface area contributed by atoms with Crippen molar-refractivity contribution in [2.45, 2.75) is 20.3 Å². The van der Waals surface area contributed by atoms with Gasteiger partial charge in [0.2, 0.25) is 0 Å². The molecule has 0 aromatic carbocycles. The maximum atomic E-state index is 5.37. The fraction of sp³-hybridized carbons (Fsp3) is 1.00. The Morgan fingerprint density at radius 1 is 1.50 bits per heavy atom. The molecule has 0 aliphatic rings. The van der Waals surface area contributed by atoms with Crippen LogP contribution in [0.3, 0.4) is 0 Å². The van der Waals surface area contributed by atoms with Crippen LogP contribution in [0.2, 0.25) is 0 Å². The molecular formula is C6H16N2. The molecule has 2 nitrogen and oxygen atoms in total. The molecule has 50 valence electrons. The lowest BCUT2D eigenvalue weighted by Gasteiger charge is -2.09. The fourth-order valence-electron chi connectivity index (χ4n) is 0.462. The van der Waals surface area contributed by atoms with E-state index in [9.17, 15) is 0 Å². The topological polar surface area (TPSA) is 29.3 Å². The maximum absolute atomic E-state index is 5.37. The van der Waals surface area contributed by atoms with Crippen molar-refractivity contribution in [3.8, 4) is 0 Å². The Bertz CT molecular complexity index is 42.5. The summed E-state index contributed by atoms with van der Waals surface area (Å²) in [6, 6.07) is 0. The van der Waals surface area contributed by atoms with Crippen LogP contribution in [0.5, 0.6) is 0 Å². The fourth-order valence-corrected chi connectivity index (χ4v) is 0.462. The second kappa shape index (κ2) is 3.87. The van der Waals surface area contributed by atoms with Crippen molar-refractivity contribution < 1.29 is 0 Å². The average molecular weight is 116 g/mol. The molecule has 0 radical (unpaired) electrons. The smallest absolute Gasteiger partial charge is 0.0127 e. The maximum Gasteiger partial charge on any atom is 0.0127 e. The minimum atomic E-state index is 0.765. The normalized spacial score (nSPS) is 11.2. The predicted molar refractivity (Wildman–Crippen MR) is 36.3 cm³/mol. The molecule has 0 saturated heterocycles. The van der Waals surface area contributed by atoms with Crippen LogP contribution in [0.25, 0.3) is 0 Å². The van der Waals surface area contributed by atoms with Crippen LogP contribution in [0, 0.1) is 5.92 Å². The molecule has 0 rings (SSSR count). The zero-order valence-electron chi connectivity index (χ0n) is 6.02. The highest BCUT2D eigenvalue weighted by Crippen LogP contribution is 1.97. The van der Waals surface area contributed by atoms with E-state index in [4.69, 9.17) is 5.84 Å². The summed E-state index contributed by atoms with van der Waals surface area (Å²) in [6.45, 7) is 5.39. The Labute approximate surface area is 51.6 Å². The number of rotatable bonds is 3. The van der Waals surface area contributed by atoms with E-state index in [-0.39, 0.29) is 0 Å². The Morgan fingerprint density at radius 3 is 2.12 bits per heavy atom. The number of hydrogen-bond acceptors (Lipinski definition) is 2. The van der Waals surface area contributed by atoms with E-state index in [1.807, 2.05) is 7.05 Å². The average Bonchev–Trinajstić information content (AvgIpc) is 1.61. The Morgan fingerprint density at radius 2 is 2.00 bits per heavy atom. The minimum Gasteiger partial charge on any atom is -0.269 e. The molecule has 0 aliphatic heterocycles. The van der Waals surface area contributed by atoms with Gasteiger partial charge in [-0.25, -0.2) is 0 Å². The summed E-state index contributed by atoms with van der Waals surface area (Å²) in [5.41, 5.74) is 0. The second-order valence-corrected chi connectivity index (χ2v) is 2.66. The van der Waals surface area contributed by atoms with E-state index in [0.29, 0.717) is 0 Å². The van der Waals surface area contributed by atoms with Crippen LogP contribution in [-0.2, 0) is 0 Å². The van der Waals surface area contributed by atoms with E-state index in [2.05, 4.69) is 13.8 Å². The van der Waals surface area contributed by atoms with Crippen molar-refractivity contribution in [2.75, 3.05) is 13.6 Å². The molecule has 0 aromatic rings. The summed E-state index contributed by atoms with van der Waals surface area (Å²) >= 11 is 0. The van der Waals surface area contributed by atoms with E-state index in [0.717, 1.165) is 12.5 Å². The van der Waals surface area contributed by atoms with Gasteiger partial charge < -0.3 is 0 Å². The molecular weight excluding hydrogens is 100 g/mol. The lowest BCUT2D eigenvalue weighted by atomic mass is 10.1. The molecule has 0 bridgehead atoms. The van der Waals surface area contributed by atoms with Crippen LogP contribution >= 0.6 is 0 Å². The van der Waals surface area contributed by atoms with E-state index in [1.54, 1.807) is 5.01 Å². The molecule has 2 N–H and O–H groups in total. The van der Waals surface area contributed by atoms with Gasteiger partial charge in [0, 0.05) is 13.6 Å². The molecule has 0 unspecified atom stereocenters. The minimum absolute atomic E-state index is 0.765. The van der Waals surface area contributed by atoms with E-state index < -0.39 is 0 Å². The zero-order valence-corrected chi connectivity index (χ0v) is 6.02. The summed E-state index contributed by atoms with van der Waals surface area (Å²) in [6.07, 6.45) is 1.19. The van der Waals surface area contributed by atoms with Gasteiger partial charge in [-0.1, -0.05) is 13.8 Å². The number of hydrogen-bond donors (Lipinski definition) is 1. The van der Waals surface area contributed by atoms with Crippen LogP contribution in [0.1, 0.15) is 20.3 Å². The van der Waals surface area contributed by atoms with E-state index >= 15 is 0 Å². The van der Waals surface area contributed by atoms with Crippen molar-refractivity contribution in [2.24, 2.45) is 11.8 Å². The lowest BCUT2D eigenvalue weighted by Crippen LogP contribution is -2.27. The van der Waals surface area contributed by atoms with Gasteiger partial charge >= 0.3 is 0 Å². The summed E-state index contributed by atoms with van der Waals surface area (Å²) in [7, 11) is 1.89. The predicted octanol–water partition coefficient (Wildman–Crippen LogP) is 0.838. The molecule has 0 spiro atoms. The highest BCUT2D eigenvalue weighted by atomic mass is 15.4. The number of hydrazine groups is 1. The highest BCUT2D eigenvalue weighted by molar-refractivity contribution is 4.46. The first-order chi connectivity index (χ1) is 3.63. The van der Waals surface area contributed by atoms with Crippen LogP contribution in [0.4, 0.5) is 0 Å². The molecule has 0 fully saturated rings. The van der Waals surface area contributed by atoms with Crippen molar-refractivity contribution in [3.05, 3.63) is 0 Å². The van der Waals surface area contributed by atoms with Gasteiger partial charge in [0.15, 0.2) is 0 Å².